The molecule has 0 aromatic rings. The van der Waals surface area contributed by atoms with E-state index in [0.29, 0.717) is 0 Å². The second-order valence-corrected chi connectivity index (χ2v) is 1.94. The van der Waals surface area contributed by atoms with E-state index in [1.165, 1.54) is 6.20 Å². The summed E-state index contributed by atoms with van der Waals surface area (Å²) >= 11 is 0. The minimum absolute atomic E-state index is 0.178. The van der Waals surface area contributed by atoms with Gasteiger partial charge in [0.25, 0.3) is 0 Å². The van der Waals surface area contributed by atoms with E-state index >= 15 is 0 Å². The molecule has 0 saturated carbocycles. The van der Waals surface area contributed by atoms with Gasteiger partial charge in [-0.1, -0.05) is 11.2 Å². The third kappa shape index (κ3) is 1.62. The quantitative estimate of drug-likeness (QED) is 0.255. The maximum Gasteiger partial charge on any atom is 0.179 e. The molecule has 11 heavy (non-hydrogen) atoms. The third-order valence-electron chi connectivity index (χ3n) is 1.29. The van der Waals surface area contributed by atoms with Crippen molar-refractivity contribution in [2.45, 2.75) is 0 Å². The number of hydrogen-bond donors (Lipinski definition) is 0. The first kappa shape index (κ1) is 7.43. The van der Waals surface area contributed by atoms with Crippen LogP contribution in [-0.4, -0.2) is 12.4 Å². The summed E-state index contributed by atoms with van der Waals surface area (Å²) in [5, 5.41) is 5.98. The van der Waals surface area contributed by atoms with Crippen LogP contribution in [0.25, 0.3) is 10.4 Å². The van der Waals surface area contributed by atoms with E-state index in [-0.39, 0.29) is 18.3 Å². The van der Waals surface area contributed by atoms with Gasteiger partial charge in [0.15, 0.2) is 5.84 Å². The van der Waals surface area contributed by atoms with Crippen LogP contribution in [-0.2, 0) is 0 Å². The Bertz CT molecular complexity index is 262. The van der Waals surface area contributed by atoms with Crippen molar-refractivity contribution in [3.05, 3.63) is 27.6 Å². The van der Waals surface area contributed by atoms with Crippen LogP contribution >= 0.6 is 0 Å². The average molecular weight is 151 g/mol. The van der Waals surface area contributed by atoms with Crippen LogP contribution in [0.5, 0.6) is 0 Å². The number of hydrogen-bond acceptors (Lipinski definition) is 4. The Kier molecular flexibility index (Phi) is 2.35. The first-order chi connectivity index (χ1) is 5.38. The summed E-state index contributed by atoms with van der Waals surface area (Å²) in [5.41, 5.74) is 7.97. The maximum absolute atomic E-state index is 10.0. The van der Waals surface area contributed by atoms with Crippen LogP contribution in [0.1, 0.15) is 0 Å². The molecule has 1 aliphatic rings. The second-order valence-electron chi connectivity index (χ2n) is 1.94. The van der Waals surface area contributed by atoms with Gasteiger partial charge < -0.3 is 0 Å². The molecular formula is C5H5N5O. The van der Waals surface area contributed by atoms with Crippen LogP contribution in [0.3, 0.4) is 0 Å². The van der Waals surface area contributed by atoms with Gasteiger partial charge in [0.2, 0.25) is 0 Å². The van der Waals surface area contributed by atoms with Crippen LogP contribution in [0.2, 0.25) is 0 Å². The van der Waals surface area contributed by atoms with E-state index in [9.17, 15) is 4.91 Å². The molecule has 0 amide bonds. The molecule has 0 saturated heterocycles. The van der Waals surface area contributed by atoms with Gasteiger partial charge in [-0.15, -0.1) is 4.91 Å². The number of azide groups is 1. The van der Waals surface area contributed by atoms with Gasteiger partial charge in [-0.05, 0) is 10.7 Å². The molecule has 1 heterocycles. The predicted molar refractivity (Wildman–Crippen MR) is 39.9 cm³/mol. The standard InChI is InChI=1S/C5H5N5O/c6-10-8-3-4-1-2-7-5(4)9-11/h1-2,4H,3H2. The normalized spacial score (nSPS) is 20.7. The molecule has 0 fully saturated rings. The van der Waals surface area contributed by atoms with Crippen molar-refractivity contribution in [3.63, 3.8) is 0 Å². The Labute approximate surface area is 62.2 Å². The molecule has 1 atom stereocenters. The number of nitroso groups, excluding NO2 is 1. The van der Waals surface area contributed by atoms with Crippen LogP contribution in [0.4, 0.5) is 0 Å². The van der Waals surface area contributed by atoms with Crippen molar-refractivity contribution < 1.29 is 0 Å². The number of nitrogens with zero attached hydrogens (tertiary/aromatic N) is 5. The zero-order chi connectivity index (χ0) is 8.10. The molecule has 6 heteroatoms. The predicted octanol–water partition coefficient (Wildman–Crippen LogP) is 1.61. The monoisotopic (exact) mass is 151 g/mol. The van der Waals surface area contributed by atoms with Gasteiger partial charge in [0.05, 0.1) is 0 Å². The molecule has 1 rings (SSSR count). The Morgan fingerprint density at radius 2 is 2.64 bits per heavy atom. The third-order valence-corrected chi connectivity index (χ3v) is 1.29. The SMILES string of the molecule is [N-]=[N+]=NCC1C=CN=C1N=O. The fraction of sp³-hybridized carbons (Fsp3) is 0.400. The molecule has 56 valence electrons. The molecule has 0 spiro atoms. The van der Waals surface area contributed by atoms with Crippen molar-refractivity contribution in [1.82, 2.24) is 0 Å². The fourth-order valence-electron chi connectivity index (χ4n) is 0.763. The van der Waals surface area contributed by atoms with Gasteiger partial charge in [0, 0.05) is 23.6 Å². The molecule has 1 unspecified atom stereocenters. The lowest BCUT2D eigenvalue weighted by Crippen LogP contribution is -2.08. The summed E-state index contributed by atoms with van der Waals surface area (Å²) in [5.74, 6) is -0.0548. The summed E-state index contributed by atoms with van der Waals surface area (Å²) in [4.78, 5) is 16.2. The number of rotatable bonds is 2. The summed E-state index contributed by atoms with van der Waals surface area (Å²) in [6, 6.07) is 0. The highest BCUT2D eigenvalue weighted by Gasteiger charge is 2.15. The van der Waals surface area contributed by atoms with Gasteiger partial charge >= 0.3 is 0 Å². The minimum Gasteiger partial charge on any atom is -0.238 e. The second kappa shape index (κ2) is 3.48. The van der Waals surface area contributed by atoms with E-state index in [0.717, 1.165) is 0 Å². The van der Waals surface area contributed by atoms with Crippen molar-refractivity contribution in [3.8, 4) is 0 Å². The van der Waals surface area contributed by atoms with Crippen LogP contribution in [0.15, 0.2) is 27.6 Å². The van der Waals surface area contributed by atoms with Gasteiger partial charge in [-0.3, -0.25) is 0 Å². The maximum atomic E-state index is 10.0. The van der Waals surface area contributed by atoms with Gasteiger partial charge in [0.1, 0.15) is 0 Å². The topological polar surface area (TPSA) is 90.6 Å². The van der Waals surface area contributed by atoms with Gasteiger partial charge in [-0.2, -0.15) is 0 Å². The molecule has 0 aliphatic carbocycles. The Balaban J connectivity index is 2.59. The lowest BCUT2D eigenvalue weighted by atomic mass is 10.1. The minimum atomic E-state index is -0.233. The van der Waals surface area contributed by atoms with E-state index in [1.54, 1.807) is 6.08 Å². The Morgan fingerprint density at radius 3 is 3.27 bits per heavy atom. The lowest BCUT2D eigenvalue weighted by molar-refractivity contribution is 0.860. The number of aliphatic imine (C=N–C) groups is 1. The van der Waals surface area contributed by atoms with Crippen molar-refractivity contribution in [2.75, 3.05) is 6.54 Å². The van der Waals surface area contributed by atoms with Crippen molar-refractivity contribution >= 4 is 5.84 Å². The average Bonchev–Trinajstić information content (AvgIpc) is 2.47. The molecule has 0 aromatic heterocycles. The highest BCUT2D eigenvalue weighted by molar-refractivity contribution is 5.89. The first-order valence-corrected chi connectivity index (χ1v) is 2.97. The van der Waals surface area contributed by atoms with Crippen molar-refractivity contribution in [2.24, 2.45) is 21.2 Å². The molecule has 1 aliphatic heterocycles. The van der Waals surface area contributed by atoms with E-state index in [1.807, 2.05) is 0 Å². The van der Waals surface area contributed by atoms with E-state index in [4.69, 9.17) is 5.53 Å². The van der Waals surface area contributed by atoms with Gasteiger partial charge in [-0.25, -0.2) is 4.99 Å². The van der Waals surface area contributed by atoms with Crippen molar-refractivity contribution in [1.29, 1.82) is 0 Å². The summed E-state index contributed by atoms with van der Waals surface area (Å²) in [6.45, 7) is 0.206. The van der Waals surface area contributed by atoms with E-state index in [2.05, 4.69) is 20.2 Å². The number of amidine groups is 1. The fourth-order valence-corrected chi connectivity index (χ4v) is 0.763. The molecule has 0 bridgehead atoms. The Morgan fingerprint density at radius 1 is 1.82 bits per heavy atom. The van der Waals surface area contributed by atoms with Crippen LogP contribution < -0.4 is 0 Å². The molecule has 6 nitrogen and oxygen atoms in total. The lowest BCUT2D eigenvalue weighted by Gasteiger charge is -1.98. The first-order valence-electron chi connectivity index (χ1n) is 2.97. The van der Waals surface area contributed by atoms with Crippen LogP contribution in [0, 0.1) is 10.8 Å². The highest BCUT2D eigenvalue weighted by Crippen LogP contribution is 2.11. The molecule has 0 N–H and O–H groups in total. The smallest absolute Gasteiger partial charge is 0.179 e. The zero-order valence-electron chi connectivity index (χ0n) is 5.58. The largest absolute Gasteiger partial charge is 0.238 e. The Hall–Kier alpha value is -1.68. The summed E-state index contributed by atoms with van der Waals surface area (Å²) in [7, 11) is 0. The zero-order valence-corrected chi connectivity index (χ0v) is 5.58. The molecular weight excluding hydrogens is 146 g/mol. The van der Waals surface area contributed by atoms with E-state index < -0.39 is 0 Å². The highest BCUT2D eigenvalue weighted by atomic mass is 16.3. The summed E-state index contributed by atoms with van der Waals surface area (Å²) < 4.78 is 0. The molecule has 0 aromatic carbocycles. The molecule has 0 radical (unpaired) electrons. The summed E-state index contributed by atoms with van der Waals surface area (Å²) in [6.07, 6.45) is 3.15.